The summed E-state index contributed by atoms with van der Waals surface area (Å²) in [5, 5.41) is 0. The van der Waals surface area contributed by atoms with E-state index in [1.54, 1.807) is 0 Å². The first-order valence-corrected chi connectivity index (χ1v) is 4.51. The van der Waals surface area contributed by atoms with Gasteiger partial charge in [0.1, 0.15) is 0 Å². The molecule has 1 aromatic rings. The van der Waals surface area contributed by atoms with E-state index in [1.807, 2.05) is 0 Å². The SMILES string of the molecule is CN1[Si]N(C)c2ccccc21. The normalized spacial score (nSPS) is 15.5. The fourth-order valence-electron chi connectivity index (χ4n) is 1.36. The lowest BCUT2D eigenvalue weighted by atomic mass is 10.3. The van der Waals surface area contributed by atoms with E-state index < -0.39 is 0 Å². The molecule has 2 nitrogen and oxygen atoms in total. The Bertz CT molecular complexity index is 248. The highest BCUT2D eigenvalue weighted by Gasteiger charge is 2.20. The highest BCUT2D eigenvalue weighted by Crippen LogP contribution is 2.31. The van der Waals surface area contributed by atoms with Gasteiger partial charge in [0.2, 0.25) is 0 Å². The quantitative estimate of drug-likeness (QED) is 0.527. The maximum absolute atomic E-state index is 2.27. The second-order valence-corrected chi connectivity index (χ2v) is 4.25. The Morgan fingerprint density at radius 3 is 1.91 bits per heavy atom. The first kappa shape index (κ1) is 6.73. The maximum atomic E-state index is 2.27. The fraction of sp³-hybridized carbons (Fsp3) is 0.250. The smallest absolute Gasteiger partial charge is 0.332 e. The van der Waals surface area contributed by atoms with E-state index in [4.69, 9.17) is 0 Å². The van der Waals surface area contributed by atoms with Crippen LogP contribution in [0.5, 0.6) is 0 Å². The zero-order valence-corrected chi connectivity index (χ0v) is 7.70. The third kappa shape index (κ3) is 0.921. The Balaban J connectivity index is 2.52. The molecule has 2 radical (unpaired) electrons. The van der Waals surface area contributed by atoms with Gasteiger partial charge in [-0.2, -0.15) is 0 Å². The van der Waals surface area contributed by atoms with Crippen molar-refractivity contribution in [2.45, 2.75) is 0 Å². The third-order valence-corrected chi connectivity index (χ3v) is 2.99. The number of benzene rings is 1. The molecule has 0 aliphatic carbocycles. The van der Waals surface area contributed by atoms with Crippen molar-refractivity contribution < 1.29 is 0 Å². The van der Waals surface area contributed by atoms with Gasteiger partial charge >= 0.3 is 9.84 Å². The predicted octanol–water partition coefficient (Wildman–Crippen LogP) is 1.11. The molecule has 0 atom stereocenters. The summed E-state index contributed by atoms with van der Waals surface area (Å²) in [6, 6.07) is 8.48. The van der Waals surface area contributed by atoms with Crippen LogP contribution >= 0.6 is 0 Å². The van der Waals surface area contributed by atoms with E-state index in [0.29, 0.717) is 0 Å². The first-order chi connectivity index (χ1) is 5.29. The summed E-state index contributed by atoms with van der Waals surface area (Å²) in [7, 11) is 5.01. The van der Waals surface area contributed by atoms with Crippen molar-refractivity contribution in [2.75, 3.05) is 23.2 Å². The van der Waals surface area contributed by atoms with Crippen molar-refractivity contribution in [1.82, 2.24) is 0 Å². The zero-order chi connectivity index (χ0) is 7.84. The molecule has 1 heterocycles. The Labute approximate surface area is 69.4 Å². The number of fused-ring (bicyclic) bond motifs is 1. The largest absolute Gasteiger partial charge is 0.381 e. The van der Waals surface area contributed by atoms with Crippen LogP contribution < -0.4 is 9.13 Å². The van der Waals surface area contributed by atoms with Gasteiger partial charge in [0.15, 0.2) is 0 Å². The lowest BCUT2D eigenvalue weighted by molar-refractivity contribution is 1.34. The van der Waals surface area contributed by atoms with Gasteiger partial charge in [-0.3, -0.25) is 0 Å². The van der Waals surface area contributed by atoms with Crippen LogP contribution in [0.25, 0.3) is 0 Å². The highest BCUT2D eigenvalue weighted by atomic mass is 28.2. The molecule has 3 heteroatoms. The molecule has 0 spiro atoms. The fourth-order valence-corrected chi connectivity index (χ4v) is 2.41. The topological polar surface area (TPSA) is 6.48 Å². The molecular formula is C8H10N2Si. The molecule has 1 aliphatic rings. The van der Waals surface area contributed by atoms with Crippen molar-refractivity contribution in [3.63, 3.8) is 0 Å². The molecule has 0 saturated heterocycles. The summed E-state index contributed by atoms with van der Waals surface area (Å²) in [6.07, 6.45) is 0. The molecule has 0 unspecified atom stereocenters. The number of para-hydroxylation sites is 2. The van der Waals surface area contributed by atoms with Crippen molar-refractivity contribution >= 4 is 21.2 Å². The van der Waals surface area contributed by atoms with E-state index >= 15 is 0 Å². The van der Waals surface area contributed by atoms with E-state index in [-0.39, 0.29) is 0 Å². The molecule has 1 aromatic carbocycles. The average molecular weight is 162 g/mol. The van der Waals surface area contributed by atoms with Crippen LogP contribution in [0.15, 0.2) is 24.3 Å². The third-order valence-electron chi connectivity index (χ3n) is 1.90. The minimum Gasteiger partial charge on any atom is -0.381 e. The molecule has 0 bridgehead atoms. The molecular weight excluding hydrogens is 152 g/mol. The second kappa shape index (κ2) is 2.27. The van der Waals surface area contributed by atoms with Gasteiger partial charge in [-0.15, -0.1) is 0 Å². The molecule has 56 valence electrons. The Hall–Kier alpha value is -0.963. The summed E-state index contributed by atoms with van der Waals surface area (Å²) in [5.74, 6) is 0. The minimum absolute atomic E-state index is 0.761. The summed E-state index contributed by atoms with van der Waals surface area (Å²) in [6.45, 7) is 0. The van der Waals surface area contributed by atoms with Gasteiger partial charge in [0.05, 0.1) is 11.4 Å². The van der Waals surface area contributed by atoms with Crippen LogP contribution in [-0.2, 0) is 0 Å². The molecule has 0 N–H and O–H groups in total. The highest BCUT2D eigenvalue weighted by molar-refractivity contribution is 6.50. The summed E-state index contributed by atoms with van der Waals surface area (Å²) < 4.78 is 4.55. The Kier molecular flexibility index (Phi) is 1.39. The Morgan fingerprint density at radius 2 is 1.45 bits per heavy atom. The van der Waals surface area contributed by atoms with Crippen LogP contribution in [0, 0.1) is 0 Å². The van der Waals surface area contributed by atoms with Gasteiger partial charge in [-0.05, 0) is 26.2 Å². The number of hydrogen-bond acceptors (Lipinski definition) is 2. The molecule has 11 heavy (non-hydrogen) atoms. The van der Waals surface area contributed by atoms with Crippen molar-refractivity contribution in [3.05, 3.63) is 24.3 Å². The van der Waals surface area contributed by atoms with Crippen LogP contribution in [0.3, 0.4) is 0 Å². The number of nitrogens with zero attached hydrogens (tertiary/aromatic N) is 2. The lowest BCUT2D eigenvalue weighted by Gasteiger charge is -2.08. The van der Waals surface area contributed by atoms with Crippen LogP contribution in [0.4, 0.5) is 11.4 Å². The number of anilines is 2. The van der Waals surface area contributed by atoms with E-state index in [9.17, 15) is 0 Å². The van der Waals surface area contributed by atoms with Gasteiger partial charge in [0, 0.05) is 0 Å². The number of hydrogen-bond donors (Lipinski definition) is 0. The molecule has 0 aromatic heterocycles. The first-order valence-electron chi connectivity index (χ1n) is 3.62. The van der Waals surface area contributed by atoms with E-state index in [1.165, 1.54) is 11.4 Å². The standard InChI is InChI=1S/C8H10N2Si/c1-9-7-5-3-4-6-8(7)10(2)11-9/h3-6H,1-2H3. The number of rotatable bonds is 0. The average Bonchev–Trinajstić information content (AvgIpc) is 2.30. The maximum Gasteiger partial charge on any atom is 0.332 e. The second-order valence-electron chi connectivity index (χ2n) is 2.71. The minimum atomic E-state index is 0.761. The molecule has 0 fully saturated rings. The molecule has 2 rings (SSSR count). The summed E-state index contributed by atoms with van der Waals surface area (Å²) in [5.41, 5.74) is 2.68. The summed E-state index contributed by atoms with van der Waals surface area (Å²) >= 11 is 0. The van der Waals surface area contributed by atoms with E-state index in [2.05, 4.69) is 47.5 Å². The molecule has 0 saturated carbocycles. The van der Waals surface area contributed by atoms with Crippen LogP contribution in [0.1, 0.15) is 0 Å². The van der Waals surface area contributed by atoms with Crippen LogP contribution in [-0.4, -0.2) is 23.9 Å². The lowest BCUT2D eigenvalue weighted by Crippen LogP contribution is -2.28. The van der Waals surface area contributed by atoms with Gasteiger partial charge in [-0.1, -0.05) is 12.1 Å². The van der Waals surface area contributed by atoms with Gasteiger partial charge in [-0.25, -0.2) is 0 Å². The van der Waals surface area contributed by atoms with Crippen LogP contribution in [0.2, 0.25) is 0 Å². The van der Waals surface area contributed by atoms with Gasteiger partial charge < -0.3 is 9.13 Å². The van der Waals surface area contributed by atoms with Crippen molar-refractivity contribution in [2.24, 2.45) is 0 Å². The molecule has 1 aliphatic heterocycles. The van der Waals surface area contributed by atoms with Crippen molar-refractivity contribution in [1.29, 1.82) is 0 Å². The predicted molar refractivity (Wildman–Crippen MR) is 49.0 cm³/mol. The monoisotopic (exact) mass is 162 g/mol. The summed E-state index contributed by atoms with van der Waals surface area (Å²) in [4.78, 5) is 0. The molecule has 0 amide bonds. The zero-order valence-electron chi connectivity index (χ0n) is 6.70. The van der Waals surface area contributed by atoms with Crippen molar-refractivity contribution in [3.8, 4) is 0 Å². The Morgan fingerprint density at radius 1 is 1.00 bits per heavy atom. The van der Waals surface area contributed by atoms with E-state index in [0.717, 1.165) is 9.84 Å². The van der Waals surface area contributed by atoms with Gasteiger partial charge in [0.25, 0.3) is 0 Å².